The van der Waals surface area contributed by atoms with Gasteiger partial charge in [0.2, 0.25) is 10.0 Å². The lowest BCUT2D eigenvalue weighted by Crippen LogP contribution is -2.52. The molecule has 1 fully saturated rings. The van der Waals surface area contributed by atoms with Crippen molar-refractivity contribution in [2.24, 2.45) is 4.99 Å². The van der Waals surface area contributed by atoms with Crippen LogP contribution in [0, 0.1) is 5.82 Å². The summed E-state index contributed by atoms with van der Waals surface area (Å²) in [6.07, 6.45) is 0.701. The fraction of sp³-hybridized carbons (Fsp3) is 0.263. The molecule has 146 valence electrons. The molecule has 2 aliphatic heterocycles. The second-order valence-corrected chi connectivity index (χ2v) is 9.19. The zero-order valence-corrected chi connectivity index (χ0v) is 16.3. The normalized spacial score (nSPS) is 19.5. The molecule has 0 atom stereocenters. The first-order valence-electron chi connectivity index (χ1n) is 8.73. The Hall–Kier alpha value is -2.29. The number of nitrogens with one attached hydrogen (secondary N) is 1. The van der Waals surface area contributed by atoms with E-state index < -0.39 is 21.5 Å². The van der Waals surface area contributed by atoms with Crippen molar-refractivity contribution < 1.29 is 17.6 Å². The number of nitrogens with zero attached hydrogens (tertiary/aromatic N) is 2. The summed E-state index contributed by atoms with van der Waals surface area (Å²) < 4.78 is 39.9. The number of hydrogen-bond acceptors (Lipinski definition) is 4. The highest BCUT2D eigenvalue weighted by atomic mass is 35.5. The maximum absolute atomic E-state index is 13.1. The van der Waals surface area contributed by atoms with Crippen LogP contribution in [0.1, 0.15) is 18.4 Å². The highest BCUT2D eigenvalue weighted by Gasteiger charge is 2.44. The van der Waals surface area contributed by atoms with Crippen molar-refractivity contribution in [3.05, 3.63) is 64.9 Å². The molecule has 2 heterocycles. The molecule has 0 radical (unpaired) electrons. The summed E-state index contributed by atoms with van der Waals surface area (Å²) in [5.74, 6) is -0.787. The third-order valence-corrected chi connectivity index (χ3v) is 7.13. The Morgan fingerprint density at radius 3 is 2.43 bits per heavy atom. The molecule has 1 amide bonds. The first-order valence-corrected chi connectivity index (χ1v) is 10.5. The van der Waals surface area contributed by atoms with E-state index in [4.69, 9.17) is 11.6 Å². The number of aliphatic imine (C=N–C) groups is 1. The highest BCUT2D eigenvalue weighted by Crippen LogP contribution is 2.31. The Bertz CT molecular complexity index is 1060. The number of carbonyl (C=O) groups is 1. The molecule has 2 aromatic rings. The van der Waals surface area contributed by atoms with Crippen LogP contribution in [-0.2, 0) is 14.8 Å². The van der Waals surface area contributed by atoms with Gasteiger partial charge in [0.05, 0.1) is 4.90 Å². The summed E-state index contributed by atoms with van der Waals surface area (Å²) in [6.45, 7) is 0.401. The molecule has 28 heavy (non-hydrogen) atoms. The Morgan fingerprint density at radius 1 is 1.11 bits per heavy atom. The zero-order chi connectivity index (χ0) is 19.9. The summed E-state index contributed by atoms with van der Waals surface area (Å²) in [7, 11) is -3.72. The van der Waals surface area contributed by atoms with E-state index in [-0.39, 0.29) is 23.9 Å². The second-order valence-electron chi connectivity index (χ2n) is 6.81. The van der Waals surface area contributed by atoms with Gasteiger partial charge in [0, 0.05) is 36.5 Å². The Balaban J connectivity index is 1.54. The number of benzene rings is 2. The van der Waals surface area contributed by atoms with Crippen LogP contribution in [-0.4, -0.2) is 43.1 Å². The Morgan fingerprint density at radius 2 is 1.79 bits per heavy atom. The van der Waals surface area contributed by atoms with Crippen LogP contribution >= 0.6 is 11.6 Å². The SMILES string of the molecule is O=C1NC2(CCN(S(=O)(=O)c3ccc(F)cc3)CC2)N=C1c1cccc(Cl)c1. The molecule has 2 aromatic carbocycles. The predicted octanol–water partition coefficient (Wildman–Crippen LogP) is 2.58. The van der Waals surface area contributed by atoms with Gasteiger partial charge in [0.1, 0.15) is 17.2 Å². The molecule has 0 bridgehead atoms. The van der Waals surface area contributed by atoms with Gasteiger partial charge in [-0.3, -0.25) is 9.79 Å². The van der Waals surface area contributed by atoms with Gasteiger partial charge in [0.25, 0.3) is 5.91 Å². The molecule has 4 rings (SSSR count). The Labute approximate surface area is 167 Å². The van der Waals surface area contributed by atoms with Crippen LogP contribution in [0.25, 0.3) is 0 Å². The minimum atomic E-state index is -3.72. The van der Waals surface area contributed by atoms with E-state index in [0.29, 0.717) is 29.1 Å². The van der Waals surface area contributed by atoms with Gasteiger partial charge >= 0.3 is 0 Å². The van der Waals surface area contributed by atoms with Crippen molar-refractivity contribution in [2.45, 2.75) is 23.4 Å². The number of piperidine rings is 1. The average Bonchev–Trinajstić information content (AvgIpc) is 2.98. The number of amides is 1. The lowest BCUT2D eigenvalue weighted by atomic mass is 10.00. The number of sulfonamides is 1. The van der Waals surface area contributed by atoms with Crippen LogP contribution in [0.3, 0.4) is 0 Å². The monoisotopic (exact) mass is 421 g/mol. The summed E-state index contributed by atoms with van der Waals surface area (Å²) >= 11 is 6.00. The second kappa shape index (κ2) is 6.95. The molecule has 0 aromatic heterocycles. The van der Waals surface area contributed by atoms with E-state index in [0.717, 1.165) is 12.1 Å². The van der Waals surface area contributed by atoms with Crippen molar-refractivity contribution in [1.29, 1.82) is 0 Å². The molecule has 1 N–H and O–H groups in total. The van der Waals surface area contributed by atoms with Crippen molar-refractivity contribution in [3.63, 3.8) is 0 Å². The molecule has 0 aliphatic carbocycles. The third-order valence-electron chi connectivity index (χ3n) is 4.99. The van der Waals surface area contributed by atoms with E-state index >= 15 is 0 Å². The van der Waals surface area contributed by atoms with Crippen molar-refractivity contribution in [3.8, 4) is 0 Å². The largest absolute Gasteiger partial charge is 0.326 e. The van der Waals surface area contributed by atoms with Crippen molar-refractivity contribution in [1.82, 2.24) is 9.62 Å². The lowest BCUT2D eigenvalue weighted by Gasteiger charge is -2.36. The quantitative estimate of drug-likeness (QED) is 0.827. The van der Waals surface area contributed by atoms with E-state index in [1.54, 1.807) is 24.3 Å². The molecule has 9 heteroatoms. The molecule has 2 aliphatic rings. The summed E-state index contributed by atoms with van der Waals surface area (Å²) in [5.41, 5.74) is 0.115. The van der Waals surface area contributed by atoms with Crippen LogP contribution in [0.15, 0.2) is 58.4 Å². The maximum Gasteiger partial charge on any atom is 0.272 e. The van der Waals surface area contributed by atoms with Gasteiger partial charge in [-0.05, 0) is 36.4 Å². The van der Waals surface area contributed by atoms with Crippen LogP contribution < -0.4 is 5.32 Å². The fourth-order valence-corrected chi connectivity index (χ4v) is 5.12. The van der Waals surface area contributed by atoms with Gasteiger partial charge in [0.15, 0.2) is 0 Å². The number of rotatable bonds is 3. The first kappa shape index (κ1) is 19.0. The van der Waals surface area contributed by atoms with Gasteiger partial charge in [-0.2, -0.15) is 4.31 Å². The van der Waals surface area contributed by atoms with Crippen LogP contribution in [0.4, 0.5) is 4.39 Å². The van der Waals surface area contributed by atoms with E-state index in [1.807, 2.05) is 0 Å². The molecule has 0 unspecified atom stereocenters. The van der Waals surface area contributed by atoms with Crippen LogP contribution in [0.2, 0.25) is 5.02 Å². The summed E-state index contributed by atoms with van der Waals surface area (Å²) in [6, 6.07) is 11.6. The van der Waals surface area contributed by atoms with Gasteiger partial charge in [-0.1, -0.05) is 23.7 Å². The Kier molecular flexibility index (Phi) is 4.73. The number of halogens is 2. The fourth-order valence-electron chi connectivity index (χ4n) is 3.48. The molecule has 6 nitrogen and oxygen atoms in total. The van der Waals surface area contributed by atoms with E-state index in [2.05, 4.69) is 10.3 Å². The van der Waals surface area contributed by atoms with Gasteiger partial charge in [-0.25, -0.2) is 12.8 Å². The standard InChI is InChI=1S/C19H17ClFN3O3S/c20-14-3-1-2-13(12-14)17-18(25)23-19(22-17)8-10-24(11-9-19)28(26,27)16-6-4-15(21)5-7-16/h1-7,12H,8-11H2,(H,23,25). The van der Waals surface area contributed by atoms with E-state index in [1.165, 1.54) is 16.4 Å². The van der Waals surface area contributed by atoms with Gasteiger partial charge < -0.3 is 5.32 Å². The average molecular weight is 422 g/mol. The first-order chi connectivity index (χ1) is 13.3. The molecule has 1 spiro atoms. The topological polar surface area (TPSA) is 78.8 Å². The smallest absolute Gasteiger partial charge is 0.272 e. The predicted molar refractivity (Wildman–Crippen MR) is 103 cm³/mol. The van der Waals surface area contributed by atoms with Crippen molar-refractivity contribution in [2.75, 3.05) is 13.1 Å². The van der Waals surface area contributed by atoms with Gasteiger partial charge in [-0.15, -0.1) is 0 Å². The molecular formula is C19H17ClFN3O3S. The highest BCUT2D eigenvalue weighted by molar-refractivity contribution is 7.89. The summed E-state index contributed by atoms with van der Waals surface area (Å²) in [4.78, 5) is 17.1. The summed E-state index contributed by atoms with van der Waals surface area (Å²) in [5, 5.41) is 3.41. The molecule has 0 saturated carbocycles. The molecule has 1 saturated heterocycles. The lowest BCUT2D eigenvalue weighted by molar-refractivity contribution is -0.115. The minimum Gasteiger partial charge on any atom is -0.326 e. The number of carbonyl (C=O) groups excluding carboxylic acids is 1. The zero-order valence-electron chi connectivity index (χ0n) is 14.7. The maximum atomic E-state index is 13.1. The minimum absolute atomic E-state index is 0.0448. The third kappa shape index (κ3) is 3.43. The number of hydrogen-bond donors (Lipinski definition) is 1. The van der Waals surface area contributed by atoms with Crippen molar-refractivity contribution >= 4 is 33.2 Å². The molecular weight excluding hydrogens is 405 g/mol. The van der Waals surface area contributed by atoms with E-state index in [9.17, 15) is 17.6 Å². The van der Waals surface area contributed by atoms with Crippen LogP contribution in [0.5, 0.6) is 0 Å².